The number of aryl methyl sites for hydroxylation is 1. The monoisotopic (exact) mass is 390 g/mol. The van der Waals surface area contributed by atoms with E-state index in [1.54, 1.807) is 12.4 Å². The lowest BCUT2D eigenvalue weighted by atomic mass is 10.1. The van der Waals surface area contributed by atoms with Crippen LogP contribution in [0.2, 0.25) is 10.0 Å². The van der Waals surface area contributed by atoms with Crippen molar-refractivity contribution < 1.29 is 0 Å². The van der Waals surface area contributed by atoms with Gasteiger partial charge in [-0.1, -0.05) is 56.8 Å². The first kappa shape index (κ1) is 19.1. The molecule has 0 saturated carbocycles. The number of unbranched alkanes of at least 4 members (excludes halogenated alkanes) is 1. The predicted molar refractivity (Wildman–Crippen MR) is 109 cm³/mol. The van der Waals surface area contributed by atoms with Crippen molar-refractivity contribution in [2.45, 2.75) is 58.9 Å². The highest BCUT2D eigenvalue weighted by atomic mass is 35.5. The van der Waals surface area contributed by atoms with Crippen LogP contribution in [-0.2, 0) is 6.42 Å². The number of hydrogen-bond acceptors (Lipinski definition) is 3. The van der Waals surface area contributed by atoms with E-state index < -0.39 is 0 Å². The molecule has 0 aliphatic heterocycles. The first-order valence-corrected chi connectivity index (χ1v) is 10.0. The second kappa shape index (κ2) is 8.36. The molecule has 0 N–H and O–H groups in total. The van der Waals surface area contributed by atoms with E-state index >= 15 is 0 Å². The highest BCUT2D eigenvalue weighted by molar-refractivity contribution is 6.36. The lowest BCUT2D eigenvalue weighted by Gasteiger charge is -2.19. The number of fused-ring (bicyclic) bond motifs is 1. The highest BCUT2D eigenvalue weighted by Crippen LogP contribution is 2.34. The summed E-state index contributed by atoms with van der Waals surface area (Å²) in [5.74, 6) is 1.05. The first-order valence-electron chi connectivity index (χ1n) is 9.27. The molecule has 2 heterocycles. The molecule has 0 spiro atoms. The average molecular weight is 391 g/mol. The minimum Gasteiger partial charge on any atom is -0.309 e. The van der Waals surface area contributed by atoms with Crippen LogP contribution in [0.3, 0.4) is 0 Å². The molecule has 1 atom stereocenters. The zero-order chi connectivity index (χ0) is 18.7. The molecule has 138 valence electrons. The van der Waals surface area contributed by atoms with Crippen LogP contribution in [0.15, 0.2) is 24.5 Å². The van der Waals surface area contributed by atoms with E-state index in [1.165, 1.54) is 12.8 Å². The van der Waals surface area contributed by atoms with Gasteiger partial charge in [-0.15, -0.1) is 0 Å². The molecule has 3 rings (SSSR count). The summed E-state index contributed by atoms with van der Waals surface area (Å²) in [7, 11) is 0. The van der Waals surface area contributed by atoms with Gasteiger partial charge in [0.15, 0.2) is 5.65 Å². The standard InChI is InChI=1S/C20H24Cl2N4/c1-4-7-8-14(5-2)26-17(6-3)25-19-18(23-12-24-20(19)26)15-10-9-13(21)11-16(15)22/h9-12,14H,4-8H2,1-3H3. The summed E-state index contributed by atoms with van der Waals surface area (Å²) in [6.07, 6.45) is 7.03. The van der Waals surface area contributed by atoms with Gasteiger partial charge in [0, 0.05) is 23.0 Å². The minimum absolute atomic E-state index is 0.401. The summed E-state index contributed by atoms with van der Waals surface area (Å²) in [5, 5.41) is 1.18. The quantitative estimate of drug-likeness (QED) is 0.461. The molecular formula is C20H24Cl2N4. The van der Waals surface area contributed by atoms with Crippen molar-refractivity contribution in [1.29, 1.82) is 0 Å². The Hall–Kier alpha value is -1.65. The second-order valence-corrected chi connectivity index (χ2v) is 7.32. The maximum Gasteiger partial charge on any atom is 0.164 e. The van der Waals surface area contributed by atoms with E-state index in [0.717, 1.165) is 47.5 Å². The summed E-state index contributed by atoms with van der Waals surface area (Å²) < 4.78 is 2.31. The van der Waals surface area contributed by atoms with Crippen LogP contribution >= 0.6 is 23.2 Å². The van der Waals surface area contributed by atoms with Crippen molar-refractivity contribution in [3.63, 3.8) is 0 Å². The molecule has 3 aromatic rings. The van der Waals surface area contributed by atoms with Gasteiger partial charge in [0.05, 0.1) is 5.02 Å². The minimum atomic E-state index is 0.401. The van der Waals surface area contributed by atoms with Crippen LogP contribution < -0.4 is 0 Å². The van der Waals surface area contributed by atoms with Crippen LogP contribution in [0.4, 0.5) is 0 Å². The molecule has 0 fully saturated rings. The fraction of sp³-hybridized carbons (Fsp3) is 0.450. The number of nitrogens with zero attached hydrogens (tertiary/aromatic N) is 4. The van der Waals surface area contributed by atoms with Gasteiger partial charge in [0.2, 0.25) is 0 Å². The number of rotatable bonds is 7. The molecule has 2 aromatic heterocycles. The highest BCUT2D eigenvalue weighted by Gasteiger charge is 2.21. The van der Waals surface area contributed by atoms with Crippen LogP contribution in [-0.4, -0.2) is 19.5 Å². The molecule has 0 radical (unpaired) electrons. The van der Waals surface area contributed by atoms with Gasteiger partial charge in [-0.05, 0) is 31.0 Å². The zero-order valence-electron chi connectivity index (χ0n) is 15.5. The van der Waals surface area contributed by atoms with Crippen molar-refractivity contribution in [2.75, 3.05) is 0 Å². The largest absolute Gasteiger partial charge is 0.309 e. The SMILES string of the molecule is CCCCC(CC)n1c(CC)nc2c(-c3ccc(Cl)cc3Cl)ncnc21. The Morgan fingerprint density at radius 3 is 2.58 bits per heavy atom. The molecule has 0 aliphatic rings. The van der Waals surface area contributed by atoms with Crippen molar-refractivity contribution in [3.05, 3.63) is 40.4 Å². The van der Waals surface area contributed by atoms with E-state index in [-0.39, 0.29) is 0 Å². The van der Waals surface area contributed by atoms with Crippen molar-refractivity contribution in [3.8, 4) is 11.3 Å². The van der Waals surface area contributed by atoms with Crippen LogP contribution in [0.25, 0.3) is 22.4 Å². The normalized spacial score (nSPS) is 12.7. The topological polar surface area (TPSA) is 43.6 Å². The maximum absolute atomic E-state index is 6.42. The van der Waals surface area contributed by atoms with E-state index in [0.29, 0.717) is 16.1 Å². The third-order valence-corrected chi connectivity index (χ3v) is 5.33. The summed E-state index contributed by atoms with van der Waals surface area (Å²) in [6.45, 7) is 6.58. The number of imidazole rings is 1. The van der Waals surface area contributed by atoms with Gasteiger partial charge in [-0.25, -0.2) is 15.0 Å². The van der Waals surface area contributed by atoms with Gasteiger partial charge < -0.3 is 4.57 Å². The molecule has 0 bridgehead atoms. The van der Waals surface area contributed by atoms with Gasteiger partial charge in [-0.2, -0.15) is 0 Å². The Morgan fingerprint density at radius 1 is 1.12 bits per heavy atom. The Kier molecular flexibility index (Phi) is 6.15. The smallest absolute Gasteiger partial charge is 0.164 e. The third-order valence-electron chi connectivity index (χ3n) is 4.78. The Morgan fingerprint density at radius 2 is 1.92 bits per heavy atom. The van der Waals surface area contributed by atoms with Gasteiger partial charge >= 0.3 is 0 Å². The fourth-order valence-electron chi connectivity index (χ4n) is 3.42. The van der Waals surface area contributed by atoms with Crippen molar-refractivity contribution in [1.82, 2.24) is 19.5 Å². The van der Waals surface area contributed by atoms with Crippen LogP contribution in [0.5, 0.6) is 0 Å². The average Bonchev–Trinajstić information content (AvgIpc) is 3.01. The van der Waals surface area contributed by atoms with E-state index in [1.807, 2.05) is 12.1 Å². The Bertz CT molecular complexity index is 904. The van der Waals surface area contributed by atoms with Gasteiger partial charge in [0.25, 0.3) is 0 Å². The number of aromatic nitrogens is 4. The molecule has 0 saturated heterocycles. The number of benzene rings is 1. The first-order chi connectivity index (χ1) is 12.6. The third kappa shape index (κ3) is 3.58. The number of halogens is 2. The molecular weight excluding hydrogens is 367 g/mol. The van der Waals surface area contributed by atoms with E-state index in [4.69, 9.17) is 28.2 Å². The predicted octanol–water partition coefficient (Wildman–Crippen LogP) is 6.50. The van der Waals surface area contributed by atoms with E-state index in [9.17, 15) is 0 Å². The number of hydrogen-bond donors (Lipinski definition) is 0. The molecule has 6 heteroatoms. The molecule has 1 unspecified atom stereocenters. The van der Waals surface area contributed by atoms with Crippen molar-refractivity contribution >= 4 is 34.4 Å². The summed E-state index contributed by atoms with van der Waals surface area (Å²) >= 11 is 12.5. The van der Waals surface area contributed by atoms with Crippen molar-refractivity contribution in [2.24, 2.45) is 0 Å². The zero-order valence-corrected chi connectivity index (χ0v) is 17.0. The van der Waals surface area contributed by atoms with E-state index in [2.05, 4.69) is 35.3 Å². The lowest BCUT2D eigenvalue weighted by Crippen LogP contribution is -2.12. The maximum atomic E-state index is 6.42. The summed E-state index contributed by atoms with van der Waals surface area (Å²) in [4.78, 5) is 14.0. The lowest BCUT2D eigenvalue weighted by molar-refractivity contribution is 0.432. The molecule has 1 aromatic carbocycles. The second-order valence-electron chi connectivity index (χ2n) is 6.47. The molecule has 0 amide bonds. The van der Waals surface area contributed by atoms with Gasteiger partial charge in [-0.3, -0.25) is 0 Å². The Balaban J connectivity index is 2.20. The van der Waals surface area contributed by atoms with Gasteiger partial charge in [0.1, 0.15) is 23.4 Å². The summed E-state index contributed by atoms with van der Waals surface area (Å²) in [5.41, 5.74) is 3.29. The van der Waals surface area contributed by atoms with Crippen LogP contribution in [0.1, 0.15) is 58.3 Å². The van der Waals surface area contributed by atoms with Crippen LogP contribution in [0, 0.1) is 0 Å². The molecule has 4 nitrogen and oxygen atoms in total. The summed E-state index contributed by atoms with van der Waals surface area (Å²) in [6, 6.07) is 5.86. The molecule has 0 aliphatic carbocycles. The Labute approximate surface area is 164 Å². The fourth-order valence-corrected chi connectivity index (χ4v) is 3.92. The molecule has 26 heavy (non-hydrogen) atoms.